The number of phenols is 1. The van der Waals surface area contributed by atoms with E-state index in [0.29, 0.717) is 24.3 Å². The second kappa shape index (κ2) is 3.83. The number of hydrogen-bond donors (Lipinski definition) is 1. The van der Waals surface area contributed by atoms with Crippen LogP contribution in [0.1, 0.15) is 0 Å². The summed E-state index contributed by atoms with van der Waals surface area (Å²) in [5, 5.41) is 2.90. The topological polar surface area (TPSA) is 54.4 Å². The fraction of sp³-hybridized carbons (Fsp3) is 0.250. The lowest BCUT2D eigenvalue weighted by Crippen LogP contribution is -2.43. The van der Waals surface area contributed by atoms with E-state index >= 15 is 0 Å². The van der Waals surface area contributed by atoms with Gasteiger partial charge in [-0.3, -0.25) is 0 Å². The third-order valence-corrected chi connectivity index (χ3v) is 3.61. The van der Waals surface area contributed by atoms with Gasteiger partial charge in [0.05, 0.1) is 4.90 Å². The summed E-state index contributed by atoms with van der Waals surface area (Å²) in [6.45, 7) is 0. The summed E-state index contributed by atoms with van der Waals surface area (Å²) in [5.41, 5.74) is 0. The van der Waals surface area contributed by atoms with E-state index in [9.17, 15) is 30.4 Å². The molecule has 0 unspecified atom stereocenters. The highest BCUT2D eigenvalue weighted by molar-refractivity contribution is 7.92. The predicted molar refractivity (Wildman–Crippen MR) is 46.3 cm³/mol. The number of aromatic hydroxyl groups is 1. The molecule has 96 valence electrons. The van der Waals surface area contributed by atoms with Gasteiger partial charge in [0, 0.05) is 0 Å². The van der Waals surface area contributed by atoms with Crippen LogP contribution < -0.4 is 0 Å². The largest absolute Gasteiger partial charge is 0.508 e. The Morgan fingerprint density at radius 3 is 1.71 bits per heavy atom. The highest BCUT2D eigenvalue weighted by Gasteiger charge is 2.67. The molecule has 0 spiro atoms. The highest BCUT2D eigenvalue weighted by Crippen LogP contribution is 2.42. The first-order valence-corrected chi connectivity index (χ1v) is 5.46. The molecule has 0 atom stereocenters. The summed E-state index contributed by atoms with van der Waals surface area (Å²) in [4.78, 5) is -1.22. The minimum Gasteiger partial charge on any atom is -0.508 e. The van der Waals surface area contributed by atoms with Gasteiger partial charge in [0.25, 0.3) is 9.84 Å². The van der Waals surface area contributed by atoms with E-state index in [-0.39, 0.29) is 0 Å². The molecule has 0 radical (unpaired) electrons. The van der Waals surface area contributed by atoms with Gasteiger partial charge in [-0.05, 0) is 24.3 Å². The zero-order valence-electron chi connectivity index (χ0n) is 7.87. The average molecular weight is 276 g/mol. The van der Waals surface area contributed by atoms with E-state index in [1.807, 2.05) is 0 Å². The maximum absolute atomic E-state index is 12.7. The van der Waals surface area contributed by atoms with Crippen molar-refractivity contribution in [2.75, 3.05) is 0 Å². The Labute approximate surface area is 92.4 Å². The Bertz CT molecular complexity index is 503. The van der Waals surface area contributed by atoms with Crippen LogP contribution in [0.25, 0.3) is 0 Å². The maximum atomic E-state index is 12.7. The molecule has 0 saturated carbocycles. The van der Waals surface area contributed by atoms with E-state index in [1.54, 1.807) is 0 Å². The molecular formula is C8H5F5O3S. The number of alkyl halides is 5. The van der Waals surface area contributed by atoms with E-state index in [0.717, 1.165) is 0 Å². The smallest absolute Gasteiger partial charge is 0.469 e. The Morgan fingerprint density at radius 1 is 0.941 bits per heavy atom. The summed E-state index contributed by atoms with van der Waals surface area (Å²) < 4.78 is 83.3. The van der Waals surface area contributed by atoms with E-state index in [4.69, 9.17) is 5.11 Å². The van der Waals surface area contributed by atoms with Crippen molar-refractivity contribution in [2.24, 2.45) is 0 Å². The van der Waals surface area contributed by atoms with Crippen LogP contribution in [0, 0.1) is 0 Å². The number of hydrogen-bond acceptors (Lipinski definition) is 3. The van der Waals surface area contributed by atoms with Gasteiger partial charge < -0.3 is 5.11 Å². The second-order valence-corrected chi connectivity index (χ2v) is 5.00. The molecule has 1 rings (SSSR count). The fourth-order valence-electron chi connectivity index (χ4n) is 0.926. The molecule has 1 aromatic carbocycles. The zero-order chi connectivity index (χ0) is 13.5. The van der Waals surface area contributed by atoms with Gasteiger partial charge >= 0.3 is 11.4 Å². The summed E-state index contributed by atoms with van der Waals surface area (Å²) in [5.74, 6) is -0.459. The number of benzene rings is 1. The SMILES string of the molecule is O=S(=O)(c1ccc(O)cc1)C(F)(F)C(F)(F)F. The Balaban J connectivity index is 3.35. The molecule has 17 heavy (non-hydrogen) atoms. The molecule has 1 N–H and O–H groups in total. The third-order valence-electron chi connectivity index (χ3n) is 1.81. The summed E-state index contributed by atoms with van der Waals surface area (Å²) in [6, 6.07) is 2.31. The lowest BCUT2D eigenvalue weighted by atomic mass is 10.3. The summed E-state index contributed by atoms with van der Waals surface area (Å²) in [7, 11) is -5.88. The lowest BCUT2D eigenvalue weighted by molar-refractivity contribution is -0.241. The quantitative estimate of drug-likeness (QED) is 0.843. The summed E-state index contributed by atoms with van der Waals surface area (Å²) >= 11 is 0. The minimum atomic E-state index is -6.20. The van der Waals surface area contributed by atoms with Gasteiger partial charge in [-0.15, -0.1) is 0 Å². The van der Waals surface area contributed by atoms with Crippen molar-refractivity contribution in [2.45, 2.75) is 16.3 Å². The standard InChI is InChI=1S/C8H5F5O3S/c9-7(10,11)8(12,13)17(15,16)6-3-1-5(14)2-4-6/h1-4,14H. The number of phenolic OH excluding ortho intramolecular Hbond substituents is 1. The van der Waals surface area contributed by atoms with Crippen LogP contribution >= 0.6 is 0 Å². The molecule has 0 aliphatic rings. The van der Waals surface area contributed by atoms with Gasteiger partial charge in [0.15, 0.2) is 0 Å². The Hall–Kier alpha value is -1.38. The van der Waals surface area contributed by atoms with Gasteiger partial charge in [-0.2, -0.15) is 22.0 Å². The Kier molecular flexibility index (Phi) is 3.08. The number of sulfone groups is 1. The van der Waals surface area contributed by atoms with Crippen LogP contribution in [0.3, 0.4) is 0 Å². The summed E-state index contributed by atoms with van der Waals surface area (Å²) in [6.07, 6.45) is -6.20. The molecule has 9 heteroatoms. The molecule has 0 amide bonds. The molecule has 0 aromatic heterocycles. The maximum Gasteiger partial charge on any atom is 0.469 e. The van der Waals surface area contributed by atoms with Crippen molar-refractivity contribution in [3.05, 3.63) is 24.3 Å². The van der Waals surface area contributed by atoms with Crippen molar-refractivity contribution < 1.29 is 35.5 Å². The first-order chi connectivity index (χ1) is 7.50. The predicted octanol–water partition coefficient (Wildman–Crippen LogP) is 2.32. The van der Waals surface area contributed by atoms with Crippen LogP contribution in [0.4, 0.5) is 22.0 Å². The van der Waals surface area contributed by atoms with Crippen molar-refractivity contribution in [3.63, 3.8) is 0 Å². The molecule has 0 bridgehead atoms. The fourth-order valence-corrected chi connectivity index (χ4v) is 2.02. The van der Waals surface area contributed by atoms with Crippen molar-refractivity contribution in [3.8, 4) is 5.75 Å². The first-order valence-electron chi connectivity index (χ1n) is 3.98. The van der Waals surface area contributed by atoms with Crippen molar-refractivity contribution in [1.29, 1.82) is 0 Å². The van der Waals surface area contributed by atoms with Crippen molar-refractivity contribution >= 4 is 9.84 Å². The number of halogens is 5. The molecule has 0 fully saturated rings. The normalized spacial score (nSPS) is 13.7. The highest BCUT2D eigenvalue weighted by atomic mass is 32.2. The minimum absolute atomic E-state index is 0.459. The van der Waals surface area contributed by atoms with E-state index in [2.05, 4.69) is 0 Å². The third kappa shape index (κ3) is 2.19. The molecule has 1 aromatic rings. The van der Waals surface area contributed by atoms with Crippen molar-refractivity contribution in [1.82, 2.24) is 0 Å². The molecule has 0 aliphatic heterocycles. The van der Waals surface area contributed by atoms with Gasteiger partial charge in [-0.25, -0.2) is 8.42 Å². The lowest BCUT2D eigenvalue weighted by Gasteiger charge is -2.19. The van der Waals surface area contributed by atoms with Crippen LogP contribution in [-0.2, 0) is 9.84 Å². The van der Waals surface area contributed by atoms with Crippen LogP contribution in [0.2, 0.25) is 0 Å². The molecule has 0 heterocycles. The van der Waals surface area contributed by atoms with Crippen LogP contribution in [0.15, 0.2) is 29.2 Å². The van der Waals surface area contributed by atoms with Gasteiger partial charge in [-0.1, -0.05) is 0 Å². The van der Waals surface area contributed by atoms with E-state index in [1.165, 1.54) is 0 Å². The molecule has 0 saturated heterocycles. The van der Waals surface area contributed by atoms with E-state index < -0.39 is 31.9 Å². The monoisotopic (exact) mass is 276 g/mol. The zero-order valence-corrected chi connectivity index (χ0v) is 8.69. The Morgan fingerprint density at radius 2 is 1.35 bits per heavy atom. The average Bonchev–Trinajstić information content (AvgIpc) is 2.16. The van der Waals surface area contributed by atoms with Gasteiger partial charge in [0.2, 0.25) is 0 Å². The number of rotatable bonds is 2. The second-order valence-electron chi connectivity index (χ2n) is 3.01. The van der Waals surface area contributed by atoms with Crippen LogP contribution in [0.5, 0.6) is 5.75 Å². The first kappa shape index (κ1) is 13.7. The van der Waals surface area contributed by atoms with Crippen LogP contribution in [-0.4, -0.2) is 25.0 Å². The van der Waals surface area contributed by atoms with Gasteiger partial charge in [0.1, 0.15) is 5.75 Å². The molecular weight excluding hydrogens is 271 g/mol. The molecule has 3 nitrogen and oxygen atoms in total. The molecule has 0 aliphatic carbocycles.